The minimum Gasteiger partial charge on any atom is -0.484 e. The maximum absolute atomic E-state index is 12.0. The largest absolute Gasteiger partial charge is 0.484 e. The summed E-state index contributed by atoms with van der Waals surface area (Å²) < 4.78 is 10.1. The highest BCUT2D eigenvalue weighted by atomic mass is 16.5. The van der Waals surface area contributed by atoms with E-state index in [0.717, 1.165) is 12.8 Å². The molecule has 0 unspecified atom stereocenters. The summed E-state index contributed by atoms with van der Waals surface area (Å²) >= 11 is 0. The smallest absolute Gasteiger partial charge is 0.337 e. The van der Waals surface area contributed by atoms with E-state index < -0.39 is 5.97 Å². The van der Waals surface area contributed by atoms with Crippen LogP contribution in [0.1, 0.15) is 55.3 Å². The SMILES string of the molecule is COC(=O)c1cccc(OCC(=O)NC2CCCCCCC2)c1. The molecule has 0 bridgehead atoms. The lowest BCUT2D eigenvalue weighted by molar-refractivity contribution is -0.123. The van der Waals surface area contributed by atoms with E-state index in [0.29, 0.717) is 11.3 Å². The summed E-state index contributed by atoms with van der Waals surface area (Å²) in [6, 6.07) is 6.90. The summed E-state index contributed by atoms with van der Waals surface area (Å²) in [7, 11) is 1.33. The van der Waals surface area contributed by atoms with E-state index in [4.69, 9.17) is 4.74 Å². The van der Waals surface area contributed by atoms with Crippen LogP contribution in [0.3, 0.4) is 0 Å². The van der Waals surface area contributed by atoms with Gasteiger partial charge in [-0.1, -0.05) is 38.2 Å². The van der Waals surface area contributed by atoms with Gasteiger partial charge in [-0.2, -0.15) is 0 Å². The summed E-state index contributed by atoms with van der Waals surface area (Å²) in [4.78, 5) is 23.5. The molecule has 1 aliphatic carbocycles. The highest BCUT2D eigenvalue weighted by molar-refractivity contribution is 5.89. The van der Waals surface area contributed by atoms with Crippen molar-refractivity contribution in [3.63, 3.8) is 0 Å². The van der Waals surface area contributed by atoms with Gasteiger partial charge in [0.05, 0.1) is 12.7 Å². The van der Waals surface area contributed by atoms with Crippen molar-refractivity contribution in [1.82, 2.24) is 5.32 Å². The van der Waals surface area contributed by atoms with Crippen molar-refractivity contribution in [2.45, 2.75) is 51.0 Å². The first-order chi connectivity index (χ1) is 11.2. The zero-order valence-electron chi connectivity index (χ0n) is 13.7. The third-order valence-corrected chi connectivity index (χ3v) is 4.10. The van der Waals surface area contributed by atoms with Gasteiger partial charge in [0.25, 0.3) is 5.91 Å². The monoisotopic (exact) mass is 319 g/mol. The molecule has 1 aromatic carbocycles. The van der Waals surface area contributed by atoms with Crippen molar-refractivity contribution >= 4 is 11.9 Å². The molecular weight excluding hydrogens is 294 g/mol. The molecule has 5 nitrogen and oxygen atoms in total. The van der Waals surface area contributed by atoms with Gasteiger partial charge < -0.3 is 14.8 Å². The molecule has 0 saturated heterocycles. The van der Waals surface area contributed by atoms with Crippen LogP contribution in [0.5, 0.6) is 5.75 Å². The molecular formula is C18H25NO4. The van der Waals surface area contributed by atoms with Crippen molar-refractivity contribution in [2.24, 2.45) is 0 Å². The second-order valence-electron chi connectivity index (χ2n) is 5.92. The van der Waals surface area contributed by atoms with Crippen molar-refractivity contribution < 1.29 is 19.1 Å². The van der Waals surface area contributed by atoms with Crippen LogP contribution in [-0.2, 0) is 9.53 Å². The second kappa shape index (κ2) is 9.18. The number of amides is 1. The molecule has 1 N–H and O–H groups in total. The Morgan fingerprint density at radius 2 is 1.83 bits per heavy atom. The molecule has 0 atom stereocenters. The van der Waals surface area contributed by atoms with E-state index in [2.05, 4.69) is 10.1 Å². The number of rotatable bonds is 5. The first-order valence-electron chi connectivity index (χ1n) is 8.29. The van der Waals surface area contributed by atoms with Crippen LogP contribution in [0.15, 0.2) is 24.3 Å². The van der Waals surface area contributed by atoms with Gasteiger partial charge in [0.1, 0.15) is 5.75 Å². The maximum Gasteiger partial charge on any atom is 0.337 e. The van der Waals surface area contributed by atoms with Gasteiger partial charge >= 0.3 is 5.97 Å². The van der Waals surface area contributed by atoms with E-state index in [9.17, 15) is 9.59 Å². The fourth-order valence-electron chi connectivity index (χ4n) is 2.85. The first kappa shape index (κ1) is 17.3. The highest BCUT2D eigenvalue weighted by Gasteiger charge is 2.14. The van der Waals surface area contributed by atoms with Gasteiger partial charge in [-0.25, -0.2) is 4.79 Å². The van der Waals surface area contributed by atoms with Crippen LogP contribution in [-0.4, -0.2) is 31.6 Å². The molecule has 1 saturated carbocycles. The Labute approximate surface area is 137 Å². The average Bonchev–Trinajstić information content (AvgIpc) is 2.55. The molecule has 126 valence electrons. The van der Waals surface area contributed by atoms with Crippen LogP contribution in [0.25, 0.3) is 0 Å². The third-order valence-electron chi connectivity index (χ3n) is 4.10. The lowest BCUT2D eigenvalue weighted by Gasteiger charge is -2.21. The molecule has 1 fully saturated rings. The Hall–Kier alpha value is -2.04. The normalized spacial score (nSPS) is 16.0. The number of carbonyl (C=O) groups excluding carboxylic acids is 2. The number of carbonyl (C=O) groups is 2. The average molecular weight is 319 g/mol. The zero-order chi connectivity index (χ0) is 16.5. The van der Waals surface area contributed by atoms with E-state index in [1.54, 1.807) is 24.3 Å². The zero-order valence-corrected chi connectivity index (χ0v) is 13.7. The number of esters is 1. The maximum atomic E-state index is 12.0. The summed E-state index contributed by atoms with van der Waals surface area (Å²) in [5.74, 6) is -0.0471. The van der Waals surface area contributed by atoms with Gasteiger partial charge in [0.2, 0.25) is 0 Å². The third kappa shape index (κ3) is 5.93. The van der Waals surface area contributed by atoms with Gasteiger partial charge in [0.15, 0.2) is 6.61 Å². The highest BCUT2D eigenvalue weighted by Crippen LogP contribution is 2.17. The van der Waals surface area contributed by atoms with E-state index in [1.807, 2.05) is 0 Å². The number of hydrogen-bond acceptors (Lipinski definition) is 4. The quantitative estimate of drug-likeness (QED) is 0.847. The summed E-state index contributed by atoms with van der Waals surface area (Å²) in [5.41, 5.74) is 0.408. The number of hydrogen-bond donors (Lipinski definition) is 1. The standard InChI is InChI=1S/C18H25NO4/c1-22-18(21)14-8-7-11-16(12-14)23-13-17(20)19-15-9-5-3-2-4-6-10-15/h7-8,11-12,15H,2-6,9-10,13H2,1H3,(H,19,20). The van der Waals surface area contributed by atoms with Crippen LogP contribution in [0.4, 0.5) is 0 Å². The molecule has 1 aromatic rings. The topological polar surface area (TPSA) is 64.6 Å². The second-order valence-corrected chi connectivity index (χ2v) is 5.92. The molecule has 0 radical (unpaired) electrons. The fourth-order valence-corrected chi connectivity index (χ4v) is 2.85. The van der Waals surface area contributed by atoms with Gasteiger partial charge in [-0.3, -0.25) is 4.79 Å². The molecule has 23 heavy (non-hydrogen) atoms. The number of benzene rings is 1. The summed E-state index contributed by atoms with van der Waals surface area (Å²) in [5, 5.41) is 3.05. The molecule has 0 aliphatic heterocycles. The molecule has 1 aliphatic rings. The molecule has 0 spiro atoms. The lowest BCUT2D eigenvalue weighted by atomic mass is 9.97. The van der Waals surface area contributed by atoms with Gasteiger partial charge in [-0.05, 0) is 31.0 Å². The Balaban J connectivity index is 1.80. The summed E-state index contributed by atoms with van der Waals surface area (Å²) in [6.07, 6.45) is 8.25. The molecule has 2 rings (SSSR count). The number of nitrogens with one attached hydrogen (secondary N) is 1. The Kier molecular flexibility index (Phi) is 6.91. The molecule has 1 amide bonds. The molecule has 0 heterocycles. The van der Waals surface area contributed by atoms with E-state index >= 15 is 0 Å². The van der Waals surface area contributed by atoms with E-state index in [1.165, 1.54) is 39.2 Å². The Morgan fingerprint density at radius 3 is 2.52 bits per heavy atom. The minimum absolute atomic E-state index is 0.0405. The lowest BCUT2D eigenvalue weighted by Crippen LogP contribution is -2.38. The number of ether oxygens (including phenoxy) is 2. The predicted octanol–water partition coefficient (Wildman–Crippen LogP) is 3.08. The Bertz CT molecular complexity index is 522. The number of methoxy groups -OCH3 is 1. The van der Waals surface area contributed by atoms with Crippen LogP contribution >= 0.6 is 0 Å². The minimum atomic E-state index is -0.422. The molecule has 0 aromatic heterocycles. The molecule has 5 heteroatoms. The van der Waals surface area contributed by atoms with Gasteiger partial charge in [-0.15, -0.1) is 0 Å². The van der Waals surface area contributed by atoms with Crippen LogP contribution < -0.4 is 10.1 Å². The van der Waals surface area contributed by atoms with Gasteiger partial charge in [0, 0.05) is 6.04 Å². The van der Waals surface area contributed by atoms with E-state index in [-0.39, 0.29) is 18.6 Å². The van der Waals surface area contributed by atoms with Crippen molar-refractivity contribution in [3.8, 4) is 5.75 Å². The summed E-state index contributed by atoms with van der Waals surface area (Å²) in [6.45, 7) is -0.0405. The fraction of sp³-hybridized carbons (Fsp3) is 0.556. The van der Waals surface area contributed by atoms with Crippen molar-refractivity contribution in [1.29, 1.82) is 0 Å². The van der Waals surface area contributed by atoms with Crippen molar-refractivity contribution in [3.05, 3.63) is 29.8 Å². The predicted molar refractivity (Wildman–Crippen MR) is 87.5 cm³/mol. The first-order valence-corrected chi connectivity index (χ1v) is 8.29. The van der Waals surface area contributed by atoms with Crippen molar-refractivity contribution in [2.75, 3.05) is 13.7 Å². The van der Waals surface area contributed by atoms with Crippen LogP contribution in [0, 0.1) is 0 Å². The Morgan fingerprint density at radius 1 is 1.13 bits per heavy atom. The van der Waals surface area contributed by atoms with Crippen LogP contribution in [0.2, 0.25) is 0 Å².